The highest BCUT2D eigenvalue weighted by Crippen LogP contribution is 2.54. The number of para-hydroxylation sites is 1. The summed E-state index contributed by atoms with van der Waals surface area (Å²) in [5.74, 6) is -14.0. The van der Waals surface area contributed by atoms with Gasteiger partial charge in [0.2, 0.25) is 0 Å². The van der Waals surface area contributed by atoms with Crippen LogP contribution in [0.4, 0.5) is 48.3 Å². The minimum Gasteiger partial charge on any atom is -0.494 e. The third kappa shape index (κ3) is 7.37. The molecule has 0 saturated carbocycles. The molecule has 0 fully saturated rings. The molecule has 0 unspecified atom stereocenters. The van der Waals surface area contributed by atoms with E-state index in [0.29, 0.717) is 18.6 Å². The highest BCUT2D eigenvalue weighted by molar-refractivity contribution is 5.20. The zero-order valence-corrected chi connectivity index (χ0v) is 15.5. The Hall–Kier alpha value is -1.83. The molecule has 0 aliphatic carbocycles. The lowest BCUT2D eigenvalue weighted by Crippen LogP contribution is -2.63. The van der Waals surface area contributed by atoms with Crippen LogP contribution in [0, 0.1) is 0 Å². The van der Waals surface area contributed by atoms with E-state index in [0.717, 1.165) is 0 Å². The summed E-state index contributed by atoms with van der Waals surface area (Å²) in [6.07, 6.45) is -18.3. The number of hydrogen-bond donors (Lipinski definition) is 0. The van der Waals surface area contributed by atoms with Crippen LogP contribution in [0.5, 0.6) is 5.75 Å². The van der Waals surface area contributed by atoms with E-state index < -0.39 is 43.5 Å². The minimum atomic E-state index is -7.33. The first-order valence-electron chi connectivity index (χ1n) is 8.57. The minimum absolute atomic E-state index is 0.104. The average Bonchev–Trinajstić information content (AvgIpc) is 2.62. The number of rotatable bonds is 13. The number of ether oxygens (including phenoxy) is 3. The smallest absolute Gasteiger partial charge is 0.460 e. The molecule has 0 atom stereocenters. The van der Waals surface area contributed by atoms with E-state index in [1.165, 1.54) is 0 Å². The molecular weight excluding hydrogens is 461 g/mol. The zero-order chi connectivity index (χ0) is 24.0. The predicted molar refractivity (Wildman–Crippen MR) is 83.5 cm³/mol. The van der Waals surface area contributed by atoms with E-state index >= 15 is 0 Å². The first-order valence-corrected chi connectivity index (χ1v) is 8.57. The maximum absolute atomic E-state index is 13.2. The van der Waals surface area contributed by atoms with Crippen molar-refractivity contribution in [3.8, 4) is 5.75 Å². The van der Waals surface area contributed by atoms with Crippen molar-refractivity contribution in [3.63, 3.8) is 0 Å². The Morgan fingerprint density at radius 1 is 0.645 bits per heavy atom. The van der Waals surface area contributed by atoms with Gasteiger partial charge in [-0.1, -0.05) is 18.2 Å². The predicted octanol–water partition coefficient (Wildman–Crippen LogP) is 6.29. The summed E-state index contributed by atoms with van der Waals surface area (Å²) in [7, 11) is 0. The molecule has 1 rings (SSSR count). The fourth-order valence-electron chi connectivity index (χ4n) is 2.02. The van der Waals surface area contributed by atoms with Gasteiger partial charge in [-0.3, -0.25) is 0 Å². The van der Waals surface area contributed by atoms with Crippen molar-refractivity contribution in [3.05, 3.63) is 30.3 Å². The van der Waals surface area contributed by atoms with Crippen LogP contribution in [0.15, 0.2) is 30.3 Å². The normalized spacial score (nSPS) is 14.0. The molecule has 0 aromatic heterocycles. The van der Waals surface area contributed by atoms with Crippen molar-refractivity contribution >= 4 is 0 Å². The van der Waals surface area contributed by atoms with Gasteiger partial charge in [0.05, 0.1) is 6.61 Å². The summed E-state index contributed by atoms with van der Waals surface area (Å²) in [6, 6.07) is 8.61. The lowest BCUT2D eigenvalue weighted by molar-refractivity contribution is -0.484. The number of benzene rings is 1. The van der Waals surface area contributed by atoms with Crippen LogP contribution in [0.3, 0.4) is 0 Å². The summed E-state index contributed by atoms with van der Waals surface area (Å²) in [4.78, 5) is 0. The Morgan fingerprint density at radius 2 is 1.19 bits per heavy atom. The van der Waals surface area contributed by atoms with Crippen molar-refractivity contribution in [1.82, 2.24) is 0 Å². The van der Waals surface area contributed by atoms with Crippen LogP contribution in [0.2, 0.25) is 0 Å². The fourth-order valence-corrected chi connectivity index (χ4v) is 2.02. The molecule has 1 aromatic rings. The standard InChI is InChI=1S/C17H17F11O3/c18-13(19,31-17(27,28)15(22,23)14(20,21)16(24,25)26)11-29-9-5-2-6-10-30-12-7-3-1-4-8-12/h1,3-4,7-8H,2,5-6,9-11H2. The number of hydrogen-bond acceptors (Lipinski definition) is 3. The quantitative estimate of drug-likeness (QED) is 0.247. The zero-order valence-electron chi connectivity index (χ0n) is 15.5. The Morgan fingerprint density at radius 3 is 1.74 bits per heavy atom. The number of halogens is 11. The maximum atomic E-state index is 13.2. The molecule has 3 nitrogen and oxygen atoms in total. The molecule has 0 heterocycles. The average molecular weight is 478 g/mol. The van der Waals surface area contributed by atoms with Crippen molar-refractivity contribution < 1.29 is 62.5 Å². The Balaban J connectivity index is 2.41. The maximum Gasteiger partial charge on any atom is 0.460 e. The highest BCUT2D eigenvalue weighted by Gasteiger charge is 2.83. The molecule has 0 radical (unpaired) electrons. The Bertz CT molecular complexity index is 663. The van der Waals surface area contributed by atoms with Gasteiger partial charge in [0.25, 0.3) is 0 Å². The van der Waals surface area contributed by atoms with Gasteiger partial charge in [-0.05, 0) is 31.4 Å². The van der Waals surface area contributed by atoms with Gasteiger partial charge in [0.15, 0.2) is 0 Å². The second-order valence-corrected chi connectivity index (χ2v) is 6.18. The van der Waals surface area contributed by atoms with Crippen LogP contribution in [-0.2, 0) is 9.47 Å². The first kappa shape index (κ1) is 27.2. The lowest BCUT2D eigenvalue weighted by Gasteiger charge is -2.34. The van der Waals surface area contributed by atoms with Gasteiger partial charge in [0.1, 0.15) is 12.4 Å². The van der Waals surface area contributed by atoms with Crippen molar-refractivity contribution in [2.75, 3.05) is 19.8 Å². The second kappa shape index (κ2) is 10.2. The third-order valence-electron chi connectivity index (χ3n) is 3.61. The Kier molecular flexibility index (Phi) is 8.94. The van der Waals surface area contributed by atoms with Gasteiger partial charge in [0, 0.05) is 6.61 Å². The SMILES string of the molecule is FC(F)(COCCCCCOc1ccccc1)OC(F)(F)C(F)(F)C(F)(F)C(F)(F)F. The molecule has 0 saturated heterocycles. The van der Waals surface area contributed by atoms with E-state index in [9.17, 15) is 48.3 Å². The van der Waals surface area contributed by atoms with Crippen LogP contribution >= 0.6 is 0 Å². The molecule has 14 heteroatoms. The number of alkyl halides is 11. The fraction of sp³-hybridized carbons (Fsp3) is 0.647. The van der Waals surface area contributed by atoms with Gasteiger partial charge in [-0.15, -0.1) is 0 Å². The van der Waals surface area contributed by atoms with E-state index in [2.05, 4.69) is 9.47 Å². The summed E-state index contributed by atoms with van der Waals surface area (Å²) < 4.78 is 151. The second-order valence-electron chi connectivity index (χ2n) is 6.18. The molecule has 0 aliphatic rings. The molecule has 0 spiro atoms. The van der Waals surface area contributed by atoms with Crippen LogP contribution in [0.1, 0.15) is 19.3 Å². The van der Waals surface area contributed by atoms with E-state index in [-0.39, 0.29) is 13.0 Å². The summed E-state index contributed by atoms with van der Waals surface area (Å²) in [5, 5.41) is 0. The van der Waals surface area contributed by atoms with E-state index in [1.54, 1.807) is 30.3 Å². The summed E-state index contributed by atoms with van der Waals surface area (Å²) in [6.45, 7) is -2.29. The largest absolute Gasteiger partial charge is 0.494 e. The number of unbranched alkanes of at least 4 members (excludes halogenated alkanes) is 2. The van der Waals surface area contributed by atoms with E-state index in [4.69, 9.17) is 4.74 Å². The molecule has 0 N–H and O–H groups in total. The first-order chi connectivity index (χ1) is 14.0. The van der Waals surface area contributed by atoms with E-state index in [1.807, 2.05) is 0 Å². The molecule has 31 heavy (non-hydrogen) atoms. The topological polar surface area (TPSA) is 27.7 Å². The molecule has 180 valence electrons. The summed E-state index contributed by atoms with van der Waals surface area (Å²) >= 11 is 0. The van der Waals surface area contributed by atoms with Crippen LogP contribution in [0.25, 0.3) is 0 Å². The molecule has 0 bridgehead atoms. The Labute approximate surface area is 169 Å². The molecular formula is C17H17F11O3. The highest BCUT2D eigenvalue weighted by atomic mass is 19.4. The van der Waals surface area contributed by atoms with Crippen molar-refractivity contribution in [1.29, 1.82) is 0 Å². The molecule has 0 amide bonds. The van der Waals surface area contributed by atoms with Crippen LogP contribution < -0.4 is 4.74 Å². The summed E-state index contributed by atoms with van der Waals surface area (Å²) in [5.41, 5.74) is 0. The third-order valence-corrected chi connectivity index (χ3v) is 3.61. The molecule has 0 aliphatic heterocycles. The lowest BCUT2D eigenvalue weighted by atomic mass is 10.1. The van der Waals surface area contributed by atoms with Gasteiger partial charge in [-0.25, -0.2) is 4.74 Å². The monoisotopic (exact) mass is 478 g/mol. The van der Waals surface area contributed by atoms with Gasteiger partial charge >= 0.3 is 30.2 Å². The van der Waals surface area contributed by atoms with Crippen molar-refractivity contribution in [2.24, 2.45) is 0 Å². The van der Waals surface area contributed by atoms with Crippen LogP contribution in [-0.4, -0.2) is 50.1 Å². The van der Waals surface area contributed by atoms with Gasteiger partial charge < -0.3 is 9.47 Å². The van der Waals surface area contributed by atoms with Crippen molar-refractivity contribution in [2.45, 2.75) is 49.5 Å². The molecule has 1 aromatic carbocycles. The van der Waals surface area contributed by atoms with Gasteiger partial charge in [-0.2, -0.15) is 48.3 Å².